The molecule has 0 saturated heterocycles. The van der Waals surface area contributed by atoms with E-state index in [9.17, 15) is 9.90 Å². The summed E-state index contributed by atoms with van der Waals surface area (Å²) >= 11 is 0. The first kappa shape index (κ1) is 11.8. The maximum atomic E-state index is 11.6. The number of benzene rings is 1. The van der Waals surface area contributed by atoms with E-state index in [1.54, 1.807) is 6.07 Å². The number of aromatic hydroxyl groups is 1. The monoisotopic (exact) mass is 235 g/mol. The largest absolute Gasteiger partial charge is 0.504 e. The summed E-state index contributed by atoms with van der Waals surface area (Å²) in [6, 6.07) is 3.56. The summed E-state index contributed by atoms with van der Waals surface area (Å²) in [5, 5.41) is 9.72. The number of ether oxygens (including phenoxy) is 1. The van der Waals surface area contributed by atoms with E-state index in [1.165, 1.54) is 7.11 Å². The Morgan fingerprint density at radius 2 is 2.24 bits per heavy atom. The minimum absolute atomic E-state index is 0.136. The van der Waals surface area contributed by atoms with Gasteiger partial charge in [0.25, 0.3) is 0 Å². The van der Waals surface area contributed by atoms with Crippen molar-refractivity contribution in [2.24, 2.45) is 0 Å². The zero-order valence-corrected chi connectivity index (χ0v) is 10.2. The molecule has 1 amide bonds. The lowest BCUT2D eigenvalue weighted by Gasteiger charge is -2.29. The Bertz CT molecular complexity index is 443. The molecule has 1 aliphatic rings. The molecule has 0 spiro atoms. The highest BCUT2D eigenvalue weighted by Crippen LogP contribution is 2.32. The van der Waals surface area contributed by atoms with E-state index in [-0.39, 0.29) is 11.7 Å². The Kier molecular flexibility index (Phi) is 3.22. The lowest BCUT2D eigenvalue weighted by atomic mass is 9.98. The summed E-state index contributed by atoms with van der Waals surface area (Å²) in [5.41, 5.74) is 2.16. The summed E-state index contributed by atoms with van der Waals surface area (Å²) in [6.45, 7) is 3.19. The quantitative estimate of drug-likeness (QED) is 0.848. The number of hydrogen-bond acceptors (Lipinski definition) is 3. The molecule has 1 N–H and O–H groups in total. The molecular formula is C13H17NO3. The van der Waals surface area contributed by atoms with Gasteiger partial charge in [0, 0.05) is 19.5 Å². The number of rotatable bonds is 2. The first-order valence-electron chi connectivity index (χ1n) is 5.82. The molecule has 1 aliphatic heterocycles. The minimum Gasteiger partial charge on any atom is -0.504 e. The summed E-state index contributed by atoms with van der Waals surface area (Å²) < 4.78 is 5.08. The Morgan fingerprint density at radius 3 is 2.88 bits per heavy atom. The van der Waals surface area contributed by atoms with Crippen molar-refractivity contribution in [2.75, 3.05) is 13.7 Å². The van der Waals surface area contributed by atoms with Gasteiger partial charge in [0.05, 0.1) is 7.11 Å². The van der Waals surface area contributed by atoms with E-state index in [0.29, 0.717) is 18.7 Å². The fourth-order valence-corrected chi connectivity index (χ4v) is 2.17. The van der Waals surface area contributed by atoms with Crippen LogP contribution in [-0.4, -0.2) is 29.6 Å². The molecule has 0 aromatic heterocycles. The van der Waals surface area contributed by atoms with Gasteiger partial charge in [-0.3, -0.25) is 4.79 Å². The van der Waals surface area contributed by atoms with E-state index in [4.69, 9.17) is 4.74 Å². The Balaban J connectivity index is 2.27. The molecule has 0 saturated carbocycles. The van der Waals surface area contributed by atoms with Crippen LogP contribution in [0.25, 0.3) is 0 Å². The van der Waals surface area contributed by atoms with Gasteiger partial charge >= 0.3 is 0 Å². The van der Waals surface area contributed by atoms with Crippen LogP contribution in [0.3, 0.4) is 0 Å². The van der Waals surface area contributed by atoms with Crippen LogP contribution in [-0.2, 0) is 17.8 Å². The summed E-state index contributed by atoms with van der Waals surface area (Å²) in [6.07, 6.45) is 1.34. The second-order valence-electron chi connectivity index (χ2n) is 4.21. The van der Waals surface area contributed by atoms with Crippen molar-refractivity contribution in [3.8, 4) is 11.5 Å². The van der Waals surface area contributed by atoms with E-state index in [0.717, 1.165) is 24.1 Å². The summed E-state index contributed by atoms with van der Waals surface area (Å²) in [5.74, 6) is 0.794. The van der Waals surface area contributed by atoms with Gasteiger partial charge in [0.15, 0.2) is 11.5 Å². The first-order chi connectivity index (χ1) is 8.15. The number of nitrogens with zero attached hydrogens (tertiary/aromatic N) is 1. The number of carbonyl (C=O) groups is 1. The molecule has 1 aromatic rings. The molecule has 1 heterocycles. The number of phenolic OH excluding ortho intramolecular Hbond substituents is 1. The molecule has 0 unspecified atom stereocenters. The topological polar surface area (TPSA) is 49.8 Å². The van der Waals surface area contributed by atoms with Crippen molar-refractivity contribution >= 4 is 5.91 Å². The predicted molar refractivity (Wildman–Crippen MR) is 64.1 cm³/mol. The lowest BCUT2D eigenvalue weighted by Crippen LogP contribution is -2.35. The third kappa shape index (κ3) is 2.20. The molecule has 1 aromatic carbocycles. The minimum atomic E-state index is 0.136. The second kappa shape index (κ2) is 4.65. The van der Waals surface area contributed by atoms with Gasteiger partial charge < -0.3 is 14.7 Å². The molecular weight excluding hydrogens is 218 g/mol. The molecule has 0 radical (unpaired) electrons. The number of hydrogen-bond donors (Lipinski definition) is 1. The smallest absolute Gasteiger partial charge is 0.222 e. The van der Waals surface area contributed by atoms with Crippen molar-refractivity contribution in [2.45, 2.75) is 26.3 Å². The van der Waals surface area contributed by atoms with Gasteiger partial charge in [-0.15, -0.1) is 0 Å². The van der Waals surface area contributed by atoms with E-state index in [2.05, 4.69) is 0 Å². The van der Waals surface area contributed by atoms with Gasteiger partial charge in [-0.1, -0.05) is 6.92 Å². The zero-order chi connectivity index (χ0) is 12.4. The van der Waals surface area contributed by atoms with Gasteiger partial charge in [-0.2, -0.15) is 0 Å². The molecule has 4 heteroatoms. The molecule has 0 bridgehead atoms. The third-order valence-corrected chi connectivity index (χ3v) is 3.17. The molecule has 0 fully saturated rings. The van der Waals surface area contributed by atoms with Crippen molar-refractivity contribution in [1.29, 1.82) is 0 Å². The van der Waals surface area contributed by atoms with Crippen molar-refractivity contribution < 1.29 is 14.6 Å². The van der Waals surface area contributed by atoms with Gasteiger partial charge in [0.1, 0.15) is 0 Å². The van der Waals surface area contributed by atoms with E-state index in [1.807, 2.05) is 17.9 Å². The molecule has 17 heavy (non-hydrogen) atoms. The number of phenols is 1. The Hall–Kier alpha value is -1.71. The van der Waals surface area contributed by atoms with Crippen LogP contribution in [0.5, 0.6) is 11.5 Å². The Morgan fingerprint density at radius 1 is 1.47 bits per heavy atom. The van der Waals surface area contributed by atoms with Crippen molar-refractivity contribution in [3.05, 3.63) is 23.3 Å². The van der Waals surface area contributed by atoms with Crippen LogP contribution in [0.4, 0.5) is 0 Å². The van der Waals surface area contributed by atoms with Crippen LogP contribution in [0.2, 0.25) is 0 Å². The second-order valence-corrected chi connectivity index (χ2v) is 4.21. The zero-order valence-electron chi connectivity index (χ0n) is 10.2. The molecule has 92 valence electrons. The van der Waals surface area contributed by atoms with Crippen LogP contribution in [0.15, 0.2) is 12.1 Å². The summed E-state index contributed by atoms with van der Waals surface area (Å²) in [7, 11) is 1.54. The van der Waals surface area contributed by atoms with Crippen LogP contribution in [0, 0.1) is 0 Å². The molecule has 4 nitrogen and oxygen atoms in total. The van der Waals surface area contributed by atoms with Crippen molar-refractivity contribution in [1.82, 2.24) is 4.90 Å². The average molecular weight is 235 g/mol. The first-order valence-corrected chi connectivity index (χ1v) is 5.82. The van der Waals surface area contributed by atoms with Crippen molar-refractivity contribution in [3.63, 3.8) is 0 Å². The Labute approximate surface area is 101 Å². The number of amides is 1. The number of fused-ring (bicyclic) bond motifs is 1. The maximum absolute atomic E-state index is 11.6. The van der Waals surface area contributed by atoms with E-state index < -0.39 is 0 Å². The third-order valence-electron chi connectivity index (χ3n) is 3.17. The standard InChI is InChI=1S/C13H17NO3/c1-3-13(16)14-5-4-9-7-12(17-2)11(15)6-10(9)8-14/h6-7,15H,3-5,8H2,1-2H3. The molecule has 0 atom stereocenters. The predicted octanol–water partition coefficient (Wildman–Crippen LogP) is 1.70. The van der Waals surface area contributed by atoms with Crippen LogP contribution in [0.1, 0.15) is 24.5 Å². The lowest BCUT2D eigenvalue weighted by molar-refractivity contribution is -0.131. The maximum Gasteiger partial charge on any atom is 0.222 e. The average Bonchev–Trinajstić information content (AvgIpc) is 2.36. The SMILES string of the molecule is CCC(=O)N1CCc2cc(OC)c(O)cc2C1. The van der Waals surface area contributed by atoms with E-state index >= 15 is 0 Å². The highest BCUT2D eigenvalue weighted by atomic mass is 16.5. The van der Waals surface area contributed by atoms with Crippen LogP contribution < -0.4 is 4.74 Å². The number of methoxy groups -OCH3 is 1. The normalized spacial score (nSPS) is 14.4. The number of carbonyl (C=O) groups excluding carboxylic acids is 1. The molecule has 2 rings (SSSR count). The fourth-order valence-electron chi connectivity index (χ4n) is 2.17. The molecule has 0 aliphatic carbocycles. The highest BCUT2D eigenvalue weighted by molar-refractivity contribution is 5.76. The highest BCUT2D eigenvalue weighted by Gasteiger charge is 2.21. The van der Waals surface area contributed by atoms with Gasteiger partial charge in [-0.05, 0) is 29.7 Å². The van der Waals surface area contributed by atoms with Gasteiger partial charge in [0.2, 0.25) is 5.91 Å². The summed E-state index contributed by atoms with van der Waals surface area (Å²) in [4.78, 5) is 13.5. The van der Waals surface area contributed by atoms with Crippen LogP contribution >= 0.6 is 0 Å². The fraction of sp³-hybridized carbons (Fsp3) is 0.462. The van der Waals surface area contributed by atoms with Gasteiger partial charge in [-0.25, -0.2) is 0 Å².